The maximum absolute atomic E-state index is 5.54. The van der Waals surface area contributed by atoms with E-state index in [-0.39, 0.29) is 20.4 Å². The van der Waals surface area contributed by atoms with Crippen LogP contribution in [0.5, 0.6) is 0 Å². The molecule has 2 atom stereocenters. The van der Waals surface area contributed by atoms with Crippen molar-refractivity contribution in [1.82, 2.24) is 0 Å². The molecule has 0 aromatic carbocycles. The van der Waals surface area contributed by atoms with Crippen molar-refractivity contribution in [2.45, 2.75) is 23.3 Å². The van der Waals surface area contributed by atoms with E-state index in [1.165, 1.54) is 28.4 Å². The van der Waals surface area contributed by atoms with Gasteiger partial charge in [-0.15, -0.1) is 0 Å². The molecule has 0 amide bonds. The number of hydrogen-bond acceptors (Lipinski definition) is 4. The Hall–Kier alpha value is 1.15. The zero-order valence-corrected chi connectivity index (χ0v) is 14.8. The molecule has 2 saturated heterocycles. The van der Waals surface area contributed by atoms with Crippen LogP contribution in [0.3, 0.4) is 0 Å². The molecule has 3 rings (SSSR count). The van der Waals surface area contributed by atoms with Crippen molar-refractivity contribution in [3.05, 3.63) is 19.3 Å². The first-order chi connectivity index (χ1) is 8.22. The first kappa shape index (κ1) is 13.1. The number of rotatable bonds is 6. The SMILES string of the molecule is S=C(CC1CS1)c1ccc(C(=S)CC2CS2)[te]1. The Morgan fingerprint density at radius 3 is 1.82 bits per heavy atom. The van der Waals surface area contributed by atoms with Crippen LogP contribution in [-0.2, 0) is 0 Å². The summed E-state index contributed by atoms with van der Waals surface area (Å²) in [5.74, 6) is 2.62. The summed E-state index contributed by atoms with van der Waals surface area (Å²) in [6.45, 7) is 0. The molecule has 90 valence electrons. The molecule has 0 aliphatic carbocycles. The second-order valence-corrected chi connectivity index (χ2v) is 11.1. The Bertz CT molecular complexity index is 416. The number of thioether (sulfide) groups is 2. The van der Waals surface area contributed by atoms with Gasteiger partial charge in [0.15, 0.2) is 0 Å². The summed E-state index contributed by atoms with van der Waals surface area (Å²) in [7, 11) is 0. The maximum atomic E-state index is 5.54. The second-order valence-electron chi connectivity index (χ2n) is 4.33. The minimum absolute atomic E-state index is 0.248. The van der Waals surface area contributed by atoms with Gasteiger partial charge in [-0.1, -0.05) is 0 Å². The molecule has 0 spiro atoms. The van der Waals surface area contributed by atoms with Crippen LogP contribution in [0.4, 0.5) is 0 Å². The summed E-state index contributed by atoms with van der Waals surface area (Å²) in [4.78, 5) is 2.44. The van der Waals surface area contributed by atoms with Crippen molar-refractivity contribution in [2.75, 3.05) is 11.5 Å². The van der Waals surface area contributed by atoms with Gasteiger partial charge in [0.25, 0.3) is 0 Å². The van der Waals surface area contributed by atoms with Gasteiger partial charge in [-0.25, -0.2) is 0 Å². The molecule has 2 aliphatic rings. The van der Waals surface area contributed by atoms with Crippen molar-refractivity contribution in [3.8, 4) is 0 Å². The van der Waals surface area contributed by atoms with Crippen LogP contribution in [0.1, 0.15) is 20.0 Å². The van der Waals surface area contributed by atoms with E-state index in [2.05, 4.69) is 12.1 Å². The standard InChI is InChI=1S/C12H12S4Te/c13-9(3-7-5-15-7)11-1-2-12(17-11)10(14)4-8-6-16-8/h1-2,7-8H,3-6H2. The molecule has 5 heteroatoms. The molecule has 17 heavy (non-hydrogen) atoms. The predicted octanol–water partition coefficient (Wildman–Crippen LogP) is 3.19. The first-order valence-corrected chi connectivity index (χ1v) is 10.9. The minimum atomic E-state index is -0.248. The molecule has 0 N–H and O–H groups in total. The zero-order valence-electron chi connectivity index (χ0n) is 9.18. The van der Waals surface area contributed by atoms with Crippen LogP contribution in [0, 0.1) is 0 Å². The fourth-order valence-corrected chi connectivity index (χ4v) is 6.59. The summed E-state index contributed by atoms with van der Waals surface area (Å²) >= 11 is 14.9. The van der Waals surface area contributed by atoms with E-state index >= 15 is 0 Å². The quantitative estimate of drug-likeness (QED) is 0.305. The average Bonchev–Trinajstić information content (AvgIpc) is 3.22. The Kier molecular flexibility index (Phi) is 4.37. The third-order valence-corrected chi connectivity index (χ3v) is 9.75. The molecule has 2 aliphatic heterocycles. The summed E-state index contributed by atoms with van der Waals surface area (Å²) in [6, 6.07) is 4.50. The summed E-state index contributed by atoms with van der Waals surface area (Å²) in [6.07, 6.45) is 2.26. The van der Waals surface area contributed by atoms with E-state index in [4.69, 9.17) is 24.4 Å². The third-order valence-electron chi connectivity index (χ3n) is 2.79. The van der Waals surface area contributed by atoms with Crippen LogP contribution in [0.2, 0.25) is 0 Å². The van der Waals surface area contributed by atoms with E-state index in [0.717, 1.165) is 23.3 Å². The second kappa shape index (κ2) is 5.64. The number of hydrogen-bond donors (Lipinski definition) is 0. The third kappa shape index (κ3) is 3.81. The summed E-state index contributed by atoms with van der Waals surface area (Å²) < 4.78 is 2.94. The van der Waals surface area contributed by atoms with Gasteiger partial charge in [0.05, 0.1) is 0 Å². The van der Waals surface area contributed by atoms with Crippen molar-refractivity contribution < 1.29 is 0 Å². The van der Waals surface area contributed by atoms with Crippen LogP contribution >= 0.6 is 48.0 Å². The fourth-order valence-electron chi connectivity index (χ4n) is 1.62. The molecule has 1 aromatic rings. The molecule has 0 saturated carbocycles. The monoisotopic (exact) mass is 414 g/mol. The Labute approximate surface area is 131 Å². The summed E-state index contributed by atoms with van der Waals surface area (Å²) in [5.41, 5.74) is 0. The van der Waals surface area contributed by atoms with Gasteiger partial charge in [-0.05, 0) is 0 Å². The van der Waals surface area contributed by atoms with Gasteiger partial charge in [-0.2, -0.15) is 0 Å². The fraction of sp³-hybridized carbons (Fsp3) is 0.500. The zero-order chi connectivity index (χ0) is 11.8. The van der Waals surface area contributed by atoms with Crippen molar-refractivity contribution in [2.24, 2.45) is 0 Å². The van der Waals surface area contributed by atoms with Crippen molar-refractivity contribution in [1.29, 1.82) is 0 Å². The van der Waals surface area contributed by atoms with Gasteiger partial charge in [-0.3, -0.25) is 0 Å². The van der Waals surface area contributed by atoms with Gasteiger partial charge in [0.1, 0.15) is 0 Å². The van der Waals surface area contributed by atoms with E-state index in [1.807, 2.05) is 23.5 Å². The normalized spacial score (nSPS) is 25.6. The van der Waals surface area contributed by atoms with Crippen molar-refractivity contribution in [3.63, 3.8) is 0 Å². The molecule has 2 fully saturated rings. The summed E-state index contributed by atoms with van der Waals surface area (Å²) in [5, 5.41) is 1.66. The molecular weight excluding hydrogens is 400 g/mol. The van der Waals surface area contributed by atoms with Gasteiger partial charge < -0.3 is 0 Å². The molecule has 3 heterocycles. The van der Waals surface area contributed by atoms with Crippen LogP contribution in [0.15, 0.2) is 12.1 Å². The van der Waals surface area contributed by atoms with Crippen molar-refractivity contribution >= 4 is 78.1 Å². The molecule has 0 nitrogen and oxygen atoms in total. The van der Waals surface area contributed by atoms with Gasteiger partial charge >= 0.3 is 132 Å². The van der Waals surface area contributed by atoms with Crippen LogP contribution in [0.25, 0.3) is 0 Å². The Balaban J connectivity index is 1.63. The first-order valence-electron chi connectivity index (χ1n) is 5.62. The molecule has 0 bridgehead atoms. The molecular formula is C12H12S4Te. The topological polar surface area (TPSA) is 0 Å². The average molecular weight is 412 g/mol. The Morgan fingerprint density at radius 2 is 1.47 bits per heavy atom. The molecule has 2 unspecified atom stereocenters. The predicted molar refractivity (Wildman–Crippen MR) is 88.5 cm³/mol. The van der Waals surface area contributed by atoms with Crippen LogP contribution in [-0.4, -0.2) is 52.2 Å². The van der Waals surface area contributed by atoms with Gasteiger partial charge in [0.2, 0.25) is 0 Å². The van der Waals surface area contributed by atoms with E-state index < -0.39 is 0 Å². The van der Waals surface area contributed by atoms with Gasteiger partial charge in [0, 0.05) is 0 Å². The van der Waals surface area contributed by atoms with E-state index in [1.54, 1.807) is 0 Å². The van der Waals surface area contributed by atoms with E-state index in [0.29, 0.717) is 0 Å². The molecule has 1 aromatic heterocycles. The van der Waals surface area contributed by atoms with E-state index in [9.17, 15) is 0 Å². The number of thiocarbonyl (C=S) groups is 2. The molecule has 0 radical (unpaired) electrons. The van der Waals surface area contributed by atoms with Crippen LogP contribution < -0.4 is 0 Å². The Morgan fingerprint density at radius 1 is 1.06 bits per heavy atom.